The third kappa shape index (κ3) is 3.48. The van der Waals surface area contributed by atoms with Gasteiger partial charge in [-0.05, 0) is 6.92 Å². The number of nitrogens with two attached hydrogens (primary N) is 2. The number of nitrogens with zero attached hydrogens (tertiary/aromatic N) is 1. The first kappa shape index (κ1) is 10.3. The maximum absolute atomic E-state index is 11.0. The van der Waals surface area contributed by atoms with Crippen LogP contribution in [0, 0.1) is 0 Å². The summed E-state index contributed by atoms with van der Waals surface area (Å²) >= 11 is 1.14. The summed E-state index contributed by atoms with van der Waals surface area (Å²) in [5, 5.41) is 13.3. The van der Waals surface area contributed by atoms with Crippen molar-refractivity contribution in [3.05, 3.63) is 0 Å². The first-order valence-electron chi connectivity index (χ1n) is 2.22. The molecule has 0 saturated heterocycles. The molecule has 10 heavy (non-hydrogen) atoms. The predicted molar refractivity (Wildman–Crippen MR) is 46.4 cm³/mol. The average molecular weight is 201 g/mol. The standard InChI is InChI=1S/C2H8N3O2PS2/c1-2-5-7-8(6,9-3)10-4/h2H,3-4H2,1H3/b5-2+. The molecule has 0 bridgehead atoms. The average Bonchev–Trinajstić information content (AvgIpc) is 2.00. The zero-order valence-electron chi connectivity index (χ0n) is 5.26. The molecule has 5 nitrogen and oxygen atoms in total. The van der Waals surface area contributed by atoms with E-state index in [-0.39, 0.29) is 0 Å². The Morgan fingerprint density at radius 1 is 1.60 bits per heavy atom. The van der Waals surface area contributed by atoms with Gasteiger partial charge in [-0.1, -0.05) is 5.16 Å². The van der Waals surface area contributed by atoms with Gasteiger partial charge in [-0.15, -0.1) is 0 Å². The van der Waals surface area contributed by atoms with Crippen molar-refractivity contribution in [1.29, 1.82) is 0 Å². The largest absolute Gasteiger partial charge is 0.408 e. The van der Waals surface area contributed by atoms with Crippen LogP contribution >= 0.6 is 28.9 Å². The van der Waals surface area contributed by atoms with E-state index in [0.29, 0.717) is 23.1 Å². The monoisotopic (exact) mass is 201 g/mol. The summed E-state index contributed by atoms with van der Waals surface area (Å²) in [4.78, 5) is 0. The van der Waals surface area contributed by atoms with Gasteiger partial charge in [0.25, 0.3) is 0 Å². The van der Waals surface area contributed by atoms with Gasteiger partial charge >= 0.3 is 5.77 Å². The van der Waals surface area contributed by atoms with E-state index in [2.05, 4.69) is 9.78 Å². The van der Waals surface area contributed by atoms with Gasteiger partial charge in [0, 0.05) is 29.4 Å². The summed E-state index contributed by atoms with van der Waals surface area (Å²) in [6, 6.07) is 0. The van der Waals surface area contributed by atoms with Gasteiger partial charge in [-0.25, -0.2) is 4.57 Å². The van der Waals surface area contributed by atoms with Crippen LogP contribution in [-0.4, -0.2) is 6.21 Å². The Morgan fingerprint density at radius 2 is 2.10 bits per heavy atom. The van der Waals surface area contributed by atoms with Crippen LogP contribution in [-0.2, 0) is 9.19 Å². The van der Waals surface area contributed by atoms with Crippen LogP contribution in [0.2, 0.25) is 0 Å². The topological polar surface area (TPSA) is 90.7 Å². The molecule has 0 fully saturated rings. The summed E-state index contributed by atoms with van der Waals surface area (Å²) < 4.78 is 15.5. The van der Waals surface area contributed by atoms with Crippen LogP contribution in [0.4, 0.5) is 0 Å². The highest BCUT2D eigenvalue weighted by Gasteiger charge is 2.22. The van der Waals surface area contributed by atoms with E-state index in [9.17, 15) is 4.57 Å². The zero-order valence-corrected chi connectivity index (χ0v) is 7.79. The third-order valence-corrected chi connectivity index (χ3v) is 4.82. The SMILES string of the molecule is C/C=N/OP(=O)(SN)SN. The van der Waals surface area contributed by atoms with Gasteiger partial charge < -0.3 is 4.62 Å². The van der Waals surface area contributed by atoms with E-state index < -0.39 is 5.77 Å². The number of hydrogen-bond donors (Lipinski definition) is 2. The number of oxime groups is 1. The summed E-state index contributed by atoms with van der Waals surface area (Å²) in [5.41, 5.74) is 0. The van der Waals surface area contributed by atoms with Crippen molar-refractivity contribution < 1.29 is 9.19 Å². The minimum absolute atomic E-state index is 0.570. The highest BCUT2D eigenvalue weighted by Crippen LogP contribution is 2.65. The predicted octanol–water partition coefficient (Wildman–Crippen LogP) is 1.33. The van der Waals surface area contributed by atoms with Crippen molar-refractivity contribution in [2.24, 2.45) is 15.4 Å². The molecule has 0 spiro atoms. The Hall–Kier alpha value is 0.320. The summed E-state index contributed by atoms with van der Waals surface area (Å²) in [6.45, 7) is 1.63. The molecule has 0 aromatic carbocycles. The lowest BCUT2D eigenvalue weighted by atomic mass is 10.9. The smallest absolute Gasteiger partial charge is 0.318 e. The van der Waals surface area contributed by atoms with Gasteiger partial charge in [0.2, 0.25) is 0 Å². The lowest BCUT2D eigenvalue weighted by molar-refractivity contribution is 0.361. The maximum Gasteiger partial charge on any atom is 0.408 e. The highest BCUT2D eigenvalue weighted by atomic mass is 33.1. The fourth-order valence-corrected chi connectivity index (χ4v) is 1.56. The van der Waals surface area contributed by atoms with Crippen LogP contribution < -0.4 is 10.3 Å². The number of rotatable bonds is 4. The second-order valence-electron chi connectivity index (χ2n) is 1.10. The van der Waals surface area contributed by atoms with E-state index in [1.54, 1.807) is 6.92 Å². The second-order valence-corrected chi connectivity index (χ2v) is 7.43. The van der Waals surface area contributed by atoms with Crippen molar-refractivity contribution in [3.8, 4) is 0 Å². The van der Waals surface area contributed by atoms with Gasteiger partial charge in [-0.3, -0.25) is 10.3 Å². The molecule has 4 N–H and O–H groups in total. The molecular formula is C2H8N3O2PS2. The lowest BCUT2D eigenvalue weighted by Gasteiger charge is -2.05. The Labute approximate surface area is 67.1 Å². The van der Waals surface area contributed by atoms with Crippen LogP contribution in [0.5, 0.6) is 0 Å². The van der Waals surface area contributed by atoms with E-state index in [4.69, 9.17) is 10.3 Å². The molecule has 0 radical (unpaired) electrons. The van der Waals surface area contributed by atoms with E-state index in [1.807, 2.05) is 0 Å². The summed E-state index contributed by atoms with van der Waals surface area (Å²) in [6.07, 6.45) is 1.36. The molecule has 0 unspecified atom stereocenters. The van der Waals surface area contributed by atoms with Gasteiger partial charge in [0.05, 0.1) is 0 Å². The zero-order chi connectivity index (χ0) is 8.04. The maximum atomic E-state index is 11.0. The normalized spacial score (nSPS) is 12.3. The molecule has 0 aliphatic heterocycles. The van der Waals surface area contributed by atoms with Crippen LogP contribution in [0.3, 0.4) is 0 Å². The molecule has 8 heteroatoms. The van der Waals surface area contributed by atoms with Crippen LogP contribution in [0.1, 0.15) is 6.92 Å². The molecule has 60 valence electrons. The third-order valence-electron chi connectivity index (χ3n) is 0.511. The van der Waals surface area contributed by atoms with E-state index in [1.165, 1.54) is 6.21 Å². The highest BCUT2D eigenvalue weighted by molar-refractivity contribution is 8.88. The van der Waals surface area contributed by atoms with Crippen molar-refractivity contribution in [2.45, 2.75) is 6.92 Å². The molecule has 0 amide bonds. The van der Waals surface area contributed by atoms with Crippen molar-refractivity contribution >= 4 is 35.1 Å². The molecule has 0 aromatic rings. The van der Waals surface area contributed by atoms with Crippen molar-refractivity contribution in [3.63, 3.8) is 0 Å². The Morgan fingerprint density at radius 3 is 2.40 bits per heavy atom. The first-order chi connectivity index (χ1) is 4.68. The molecule has 0 aromatic heterocycles. The number of hydrogen-bond acceptors (Lipinski definition) is 7. The van der Waals surface area contributed by atoms with Crippen LogP contribution in [0.25, 0.3) is 0 Å². The molecule has 0 saturated carbocycles. The van der Waals surface area contributed by atoms with Gasteiger partial charge in [0.1, 0.15) is 0 Å². The Bertz CT molecular complexity index is 155. The quantitative estimate of drug-likeness (QED) is 0.308. The molecule has 0 atom stereocenters. The van der Waals surface area contributed by atoms with E-state index in [0.717, 1.165) is 0 Å². The fourth-order valence-electron chi connectivity index (χ4n) is 0.168. The minimum Gasteiger partial charge on any atom is -0.318 e. The molecule has 0 heterocycles. The van der Waals surface area contributed by atoms with Gasteiger partial charge in [-0.2, -0.15) is 0 Å². The van der Waals surface area contributed by atoms with Crippen molar-refractivity contribution in [1.82, 2.24) is 0 Å². The first-order valence-corrected chi connectivity index (χ1v) is 6.81. The fraction of sp³-hybridized carbons (Fsp3) is 0.500. The molecule has 0 rings (SSSR count). The molecule has 0 aliphatic rings. The Balaban J connectivity index is 3.94. The van der Waals surface area contributed by atoms with Crippen molar-refractivity contribution in [2.75, 3.05) is 0 Å². The minimum atomic E-state index is -3.01. The second kappa shape index (κ2) is 5.03. The summed E-state index contributed by atoms with van der Waals surface area (Å²) in [5.74, 6) is -3.01. The summed E-state index contributed by atoms with van der Waals surface area (Å²) in [7, 11) is 0. The van der Waals surface area contributed by atoms with Crippen LogP contribution in [0.15, 0.2) is 5.16 Å². The van der Waals surface area contributed by atoms with Gasteiger partial charge in [0.15, 0.2) is 0 Å². The van der Waals surface area contributed by atoms with E-state index >= 15 is 0 Å². The lowest BCUT2D eigenvalue weighted by Crippen LogP contribution is -1.85. The Kier molecular flexibility index (Phi) is 5.20. The molecular weight excluding hydrogens is 193 g/mol. The molecule has 0 aliphatic carbocycles.